The average Bonchev–Trinajstić information content (AvgIpc) is 2.34. The van der Waals surface area contributed by atoms with Gasteiger partial charge < -0.3 is 9.47 Å². The molecule has 23 heavy (non-hydrogen) atoms. The SMILES string of the molecule is Cc1ccc(F)c(C=C2C(=O)OC(C)(C)OC2=O)c1C(F)(F)F. The maximum absolute atomic E-state index is 13.9. The lowest BCUT2D eigenvalue weighted by molar-refractivity contribution is -0.222. The molecule has 0 unspecified atom stereocenters. The van der Waals surface area contributed by atoms with E-state index in [9.17, 15) is 27.2 Å². The molecule has 1 aromatic rings. The molecular formula is C15H12F4O4. The lowest BCUT2D eigenvalue weighted by Gasteiger charge is -2.30. The van der Waals surface area contributed by atoms with Crippen molar-refractivity contribution in [2.75, 3.05) is 0 Å². The minimum absolute atomic E-state index is 0.247. The summed E-state index contributed by atoms with van der Waals surface area (Å²) in [5.74, 6) is -5.12. The summed E-state index contributed by atoms with van der Waals surface area (Å²) in [5, 5.41) is 0. The van der Waals surface area contributed by atoms with Crippen LogP contribution in [0.3, 0.4) is 0 Å². The second-order valence-corrected chi connectivity index (χ2v) is 5.39. The van der Waals surface area contributed by atoms with Crippen molar-refractivity contribution in [1.82, 2.24) is 0 Å². The molecule has 1 saturated heterocycles. The summed E-state index contributed by atoms with van der Waals surface area (Å²) >= 11 is 0. The number of aryl methyl sites for hydroxylation is 1. The molecule has 1 heterocycles. The van der Waals surface area contributed by atoms with Crippen molar-refractivity contribution in [2.24, 2.45) is 0 Å². The van der Waals surface area contributed by atoms with Gasteiger partial charge in [0.15, 0.2) is 0 Å². The molecule has 1 aliphatic heterocycles. The zero-order valence-corrected chi connectivity index (χ0v) is 12.4. The Hall–Kier alpha value is -2.38. The van der Waals surface area contributed by atoms with Crippen LogP contribution in [0.5, 0.6) is 0 Å². The second kappa shape index (κ2) is 5.36. The van der Waals surface area contributed by atoms with Crippen molar-refractivity contribution in [2.45, 2.75) is 32.7 Å². The van der Waals surface area contributed by atoms with E-state index < -0.39 is 46.4 Å². The van der Waals surface area contributed by atoms with E-state index >= 15 is 0 Å². The van der Waals surface area contributed by atoms with Crippen molar-refractivity contribution in [3.05, 3.63) is 40.2 Å². The normalized spacial score (nSPS) is 17.6. The van der Waals surface area contributed by atoms with Gasteiger partial charge in [-0.15, -0.1) is 0 Å². The third kappa shape index (κ3) is 3.35. The third-order valence-corrected chi connectivity index (χ3v) is 3.09. The van der Waals surface area contributed by atoms with Crippen LogP contribution >= 0.6 is 0 Å². The smallest absolute Gasteiger partial charge is 0.417 e. The minimum Gasteiger partial charge on any atom is -0.419 e. The molecule has 0 aromatic heterocycles. The molecule has 1 aliphatic rings. The van der Waals surface area contributed by atoms with E-state index in [-0.39, 0.29) is 5.56 Å². The van der Waals surface area contributed by atoms with Gasteiger partial charge in [0.05, 0.1) is 5.56 Å². The van der Waals surface area contributed by atoms with E-state index in [1.165, 1.54) is 13.8 Å². The van der Waals surface area contributed by atoms with E-state index in [0.29, 0.717) is 6.08 Å². The number of hydrogen-bond donors (Lipinski definition) is 0. The Morgan fingerprint density at radius 2 is 1.61 bits per heavy atom. The number of carbonyl (C=O) groups excluding carboxylic acids is 2. The van der Waals surface area contributed by atoms with Crippen molar-refractivity contribution in [1.29, 1.82) is 0 Å². The molecule has 0 aliphatic carbocycles. The van der Waals surface area contributed by atoms with Crippen LogP contribution in [0.1, 0.15) is 30.5 Å². The Labute approximate surface area is 128 Å². The molecule has 0 atom stereocenters. The zero-order chi connectivity index (χ0) is 17.6. The molecule has 0 N–H and O–H groups in total. The van der Waals surface area contributed by atoms with Gasteiger partial charge in [-0.25, -0.2) is 14.0 Å². The highest BCUT2D eigenvalue weighted by atomic mass is 19.4. The number of ether oxygens (including phenoxy) is 2. The average molecular weight is 332 g/mol. The summed E-state index contributed by atoms with van der Waals surface area (Å²) in [6, 6.07) is 1.78. The fourth-order valence-corrected chi connectivity index (χ4v) is 2.14. The number of cyclic esters (lactones) is 2. The van der Waals surface area contributed by atoms with Gasteiger partial charge in [-0.1, -0.05) is 6.07 Å². The molecule has 124 valence electrons. The molecule has 0 radical (unpaired) electrons. The van der Waals surface area contributed by atoms with Gasteiger partial charge in [0.25, 0.3) is 5.79 Å². The molecule has 0 amide bonds. The van der Waals surface area contributed by atoms with E-state index in [1.54, 1.807) is 0 Å². The fourth-order valence-electron chi connectivity index (χ4n) is 2.14. The van der Waals surface area contributed by atoms with Gasteiger partial charge in [0.2, 0.25) is 0 Å². The van der Waals surface area contributed by atoms with Crippen LogP contribution in [0.4, 0.5) is 17.6 Å². The first-order chi connectivity index (χ1) is 10.4. The van der Waals surface area contributed by atoms with E-state index in [0.717, 1.165) is 19.1 Å². The summed E-state index contributed by atoms with van der Waals surface area (Å²) in [6.07, 6.45) is -4.36. The maximum Gasteiger partial charge on any atom is 0.417 e. The number of halogens is 4. The van der Waals surface area contributed by atoms with Gasteiger partial charge >= 0.3 is 18.1 Å². The Morgan fingerprint density at radius 1 is 1.09 bits per heavy atom. The largest absolute Gasteiger partial charge is 0.419 e. The monoisotopic (exact) mass is 332 g/mol. The number of carbonyl (C=O) groups is 2. The Morgan fingerprint density at radius 3 is 2.09 bits per heavy atom. The number of benzene rings is 1. The first-order valence-corrected chi connectivity index (χ1v) is 6.47. The Bertz CT molecular complexity index is 695. The van der Waals surface area contributed by atoms with Crippen LogP contribution in [0.25, 0.3) is 6.08 Å². The number of rotatable bonds is 1. The predicted molar refractivity (Wildman–Crippen MR) is 70.4 cm³/mol. The van der Waals surface area contributed by atoms with Crippen molar-refractivity contribution in [3.8, 4) is 0 Å². The van der Waals surface area contributed by atoms with Crippen LogP contribution < -0.4 is 0 Å². The van der Waals surface area contributed by atoms with Crippen LogP contribution in [-0.4, -0.2) is 17.7 Å². The van der Waals surface area contributed by atoms with E-state index in [4.69, 9.17) is 9.47 Å². The summed E-state index contributed by atoms with van der Waals surface area (Å²) in [4.78, 5) is 23.6. The van der Waals surface area contributed by atoms with Gasteiger partial charge in [-0.3, -0.25) is 0 Å². The third-order valence-electron chi connectivity index (χ3n) is 3.09. The van der Waals surface area contributed by atoms with Crippen molar-refractivity contribution >= 4 is 18.0 Å². The highest BCUT2D eigenvalue weighted by Crippen LogP contribution is 2.37. The highest BCUT2D eigenvalue weighted by molar-refractivity contribution is 6.19. The highest BCUT2D eigenvalue weighted by Gasteiger charge is 2.41. The van der Waals surface area contributed by atoms with Gasteiger partial charge in [-0.05, 0) is 24.6 Å². The first kappa shape index (κ1) is 17.0. The second-order valence-electron chi connectivity index (χ2n) is 5.39. The summed E-state index contributed by atoms with van der Waals surface area (Å²) in [7, 11) is 0. The van der Waals surface area contributed by atoms with Gasteiger partial charge in [0, 0.05) is 19.4 Å². The minimum atomic E-state index is -4.86. The van der Waals surface area contributed by atoms with Crippen LogP contribution in [0.2, 0.25) is 0 Å². The lowest BCUT2D eigenvalue weighted by Crippen LogP contribution is -2.41. The Balaban J connectivity index is 2.62. The molecule has 0 spiro atoms. The molecule has 1 fully saturated rings. The number of hydrogen-bond acceptors (Lipinski definition) is 4. The number of esters is 2. The molecule has 0 bridgehead atoms. The quantitative estimate of drug-likeness (QED) is 0.342. The topological polar surface area (TPSA) is 52.6 Å². The molecule has 0 saturated carbocycles. The van der Waals surface area contributed by atoms with Crippen molar-refractivity contribution in [3.63, 3.8) is 0 Å². The summed E-state index contributed by atoms with van der Waals surface area (Å²) in [6.45, 7) is 3.72. The molecule has 2 rings (SSSR count). The van der Waals surface area contributed by atoms with Crippen LogP contribution in [-0.2, 0) is 25.2 Å². The summed E-state index contributed by atoms with van der Waals surface area (Å²) in [5.41, 5.74) is -3.24. The molecule has 1 aromatic carbocycles. The predicted octanol–water partition coefficient (Wildman–Crippen LogP) is 3.37. The summed E-state index contributed by atoms with van der Waals surface area (Å²) < 4.78 is 62.8. The van der Waals surface area contributed by atoms with E-state index in [1.807, 2.05) is 0 Å². The van der Waals surface area contributed by atoms with Crippen LogP contribution in [0.15, 0.2) is 17.7 Å². The van der Waals surface area contributed by atoms with Gasteiger partial charge in [-0.2, -0.15) is 13.2 Å². The lowest BCUT2D eigenvalue weighted by atomic mass is 9.98. The Kier molecular flexibility index (Phi) is 3.96. The first-order valence-electron chi connectivity index (χ1n) is 6.47. The zero-order valence-electron chi connectivity index (χ0n) is 12.4. The van der Waals surface area contributed by atoms with Crippen molar-refractivity contribution < 1.29 is 36.6 Å². The van der Waals surface area contributed by atoms with Crippen LogP contribution in [0, 0.1) is 12.7 Å². The standard InChI is InChI=1S/C15H12F4O4/c1-7-4-5-10(16)8(11(7)15(17,18)19)6-9-12(20)22-14(2,3)23-13(9)21/h4-6H,1-3H3. The number of alkyl halides is 3. The molecular weight excluding hydrogens is 320 g/mol. The van der Waals surface area contributed by atoms with E-state index in [2.05, 4.69) is 0 Å². The molecule has 8 heteroatoms. The van der Waals surface area contributed by atoms with Gasteiger partial charge in [0.1, 0.15) is 11.4 Å². The maximum atomic E-state index is 13.9. The fraction of sp³-hybridized carbons (Fsp3) is 0.333. The molecule has 4 nitrogen and oxygen atoms in total.